The third-order valence-electron chi connectivity index (χ3n) is 2.64. The lowest BCUT2D eigenvalue weighted by Crippen LogP contribution is -2.15. The van der Waals surface area contributed by atoms with E-state index in [9.17, 15) is 0 Å². The highest BCUT2D eigenvalue weighted by Gasteiger charge is 2.11. The SMILES string of the molecule is Ic1ccc(CNc2ccc3c(c2)OCCO3)o1. The van der Waals surface area contributed by atoms with E-state index >= 15 is 0 Å². The number of halogens is 1. The van der Waals surface area contributed by atoms with Gasteiger partial charge in [0.2, 0.25) is 0 Å². The summed E-state index contributed by atoms with van der Waals surface area (Å²) in [6.45, 7) is 1.88. The molecule has 0 atom stereocenters. The third-order valence-corrected chi connectivity index (χ3v) is 3.22. The maximum absolute atomic E-state index is 5.53. The van der Waals surface area contributed by atoms with Crippen molar-refractivity contribution in [1.29, 1.82) is 0 Å². The van der Waals surface area contributed by atoms with E-state index in [0.717, 1.165) is 26.7 Å². The van der Waals surface area contributed by atoms with E-state index < -0.39 is 0 Å². The van der Waals surface area contributed by atoms with Gasteiger partial charge < -0.3 is 19.2 Å². The average molecular weight is 357 g/mol. The Morgan fingerprint density at radius 2 is 1.89 bits per heavy atom. The minimum atomic E-state index is 0.604. The van der Waals surface area contributed by atoms with Crippen LogP contribution in [0.25, 0.3) is 0 Å². The zero-order valence-corrected chi connectivity index (χ0v) is 11.8. The van der Waals surface area contributed by atoms with Gasteiger partial charge in [0.15, 0.2) is 15.3 Å². The number of ether oxygens (including phenoxy) is 2. The Labute approximate surface area is 118 Å². The number of furan rings is 1. The molecular weight excluding hydrogens is 345 g/mol. The zero-order valence-electron chi connectivity index (χ0n) is 9.61. The molecule has 0 radical (unpaired) electrons. The summed E-state index contributed by atoms with van der Waals surface area (Å²) in [5.74, 6) is 2.51. The van der Waals surface area contributed by atoms with Crippen LogP contribution in [0.1, 0.15) is 5.76 Å². The van der Waals surface area contributed by atoms with Gasteiger partial charge in [-0.2, -0.15) is 0 Å². The van der Waals surface area contributed by atoms with Crippen LogP contribution in [-0.2, 0) is 6.54 Å². The smallest absolute Gasteiger partial charge is 0.164 e. The second kappa shape index (κ2) is 5.09. The van der Waals surface area contributed by atoms with Crippen molar-refractivity contribution in [2.24, 2.45) is 0 Å². The summed E-state index contributed by atoms with van der Waals surface area (Å²) in [6.07, 6.45) is 0. The van der Waals surface area contributed by atoms with Crippen molar-refractivity contribution in [2.75, 3.05) is 18.5 Å². The molecule has 0 fully saturated rings. The largest absolute Gasteiger partial charge is 0.486 e. The molecule has 1 aliphatic rings. The lowest BCUT2D eigenvalue weighted by atomic mass is 10.2. The fourth-order valence-corrected chi connectivity index (χ4v) is 2.25. The van der Waals surface area contributed by atoms with E-state index in [1.165, 1.54) is 0 Å². The van der Waals surface area contributed by atoms with Gasteiger partial charge in [0.05, 0.1) is 6.54 Å². The molecule has 4 nitrogen and oxygen atoms in total. The van der Waals surface area contributed by atoms with Crippen molar-refractivity contribution in [1.82, 2.24) is 0 Å². The molecule has 0 saturated carbocycles. The molecule has 1 aromatic heterocycles. The standard InChI is InChI=1S/C13H12INO3/c14-13-4-2-10(18-13)8-15-9-1-3-11-12(7-9)17-6-5-16-11/h1-4,7,15H,5-6,8H2. The molecule has 0 saturated heterocycles. The minimum absolute atomic E-state index is 0.604. The molecule has 0 bridgehead atoms. The third kappa shape index (κ3) is 2.55. The summed E-state index contributed by atoms with van der Waals surface area (Å²) in [7, 11) is 0. The van der Waals surface area contributed by atoms with E-state index in [1.807, 2.05) is 30.3 Å². The van der Waals surface area contributed by atoms with E-state index in [0.29, 0.717) is 19.8 Å². The predicted molar refractivity (Wildman–Crippen MR) is 76.2 cm³/mol. The highest BCUT2D eigenvalue weighted by Crippen LogP contribution is 2.32. The van der Waals surface area contributed by atoms with Crippen molar-refractivity contribution in [3.63, 3.8) is 0 Å². The molecule has 94 valence electrons. The van der Waals surface area contributed by atoms with Crippen molar-refractivity contribution in [2.45, 2.75) is 6.54 Å². The van der Waals surface area contributed by atoms with Gasteiger partial charge in [-0.25, -0.2) is 0 Å². The fraction of sp³-hybridized carbons (Fsp3) is 0.231. The summed E-state index contributed by atoms with van der Waals surface area (Å²) in [5, 5.41) is 3.29. The van der Waals surface area contributed by atoms with Gasteiger partial charge in [0.1, 0.15) is 19.0 Å². The summed E-state index contributed by atoms with van der Waals surface area (Å²) in [5.41, 5.74) is 0.991. The van der Waals surface area contributed by atoms with Crippen LogP contribution in [-0.4, -0.2) is 13.2 Å². The second-order valence-corrected chi connectivity index (χ2v) is 4.98. The number of hydrogen-bond acceptors (Lipinski definition) is 4. The molecule has 0 spiro atoms. The molecule has 0 unspecified atom stereocenters. The molecule has 0 aliphatic carbocycles. The number of benzene rings is 1. The zero-order chi connectivity index (χ0) is 12.4. The maximum atomic E-state index is 5.53. The highest BCUT2D eigenvalue weighted by molar-refractivity contribution is 14.1. The Hall–Kier alpha value is -1.37. The maximum Gasteiger partial charge on any atom is 0.164 e. The van der Waals surface area contributed by atoms with Gasteiger partial charge in [-0.1, -0.05) is 0 Å². The van der Waals surface area contributed by atoms with E-state index in [1.54, 1.807) is 0 Å². The van der Waals surface area contributed by atoms with Gasteiger partial charge in [-0.05, 0) is 46.9 Å². The predicted octanol–water partition coefficient (Wildman–Crippen LogP) is 3.27. The number of nitrogens with one attached hydrogen (secondary N) is 1. The average Bonchev–Trinajstić information content (AvgIpc) is 2.82. The normalized spacial score (nSPS) is 13.4. The first-order chi connectivity index (χ1) is 8.81. The molecule has 5 heteroatoms. The van der Waals surface area contributed by atoms with E-state index in [-0.39, 0.29) is 0 Å². The molecule has 1 N–H and O–H groups in total. The first kappa shape index (κ1) is 11.7. The van der Waals surface area contributed by atoms with E-state index in [2.05, 4.69) is 27.9 Å². The van der Waals surface area contributed by atoms with Gasteiger partial charge >= 0.3 is 0 Å². The first-order valence-electron chi connectivity index (χ1n) is 5.69. The first-order valence-corrected chi connectivity index (χ1v) is 6.77. The lowest BCUT2D eigenvalue weighted by Gasteiger charge is -2.19. The van der Waals surface area contributed by atoms with E-state index in [4.69, 9.17) is 13.9 Å². The van der Waals surface area contributed by atoms with Crippen molar-refractivity contribution >= 4 is 28.3 Å². The minimum Gasteiger partial charge on any atom is -0.486 e. The van der Waals surface area contributed by atoms with Crippen LogP contribution >= 0.6 is 22.6 Å². The van der Waals surface area contributed by atoms with Crippen LogP contribution in [0.15, 0.2) is 34.7 Å². The molecule has 2 aromatic rings. The van der Waals surface area contributed by atoms with Crippen LogP contribution in [0.2, 0.25) is 0 Å². The highest BCUT2D eigenvalue weighted by atomic mass is 127. The van der Waals surface area contributed by atoms with Gasteiger partial charge in [-0.3, -0.25) is 0 Å². The number of anilines is 1. The van der Waals surface area contributed by atoms with Crippen LogP contribution in [0.3, 0.4) is 0 Å². The lowest BCUT2D eigenvalue weighted by molar-refractivity contribution is 0.171. The Bertz CT molecular complexity index is 553. The molecule has 0 amide bonds. The summed E-state index contributed by atoms with van der Waals surface area (Å²) in [6, 6.07) is 9.75. The van der Waals surface area contributed by atoms with Crippen molar-refractivity contribution in [3.05, 3.63) is 39.9 Å². The summed E-state index contributed by atoms with van der Waals surface area (Å²) < 4.78 is 17.4. The topological polar surface area (TPSA) is 43.6 Å². The molecular formula is C13H12INO3. The van der Waals surface area contributed by atoms with Crippen LogP contribution < -0.4 is 14.8 Å². The summed E-state index contributed by atoms with van der Waals surface area (Å²) >= 11 is 2.15. The number of rotatable bonds is 3. The van der Waals surface area contributed by atoms with Gasteiger partial charge in [0.25, 0.3) is 0 Å². The Morgan fingerprint density at radius 1 is 1.06 bits per heavy atom. The molecule has 1 aromatic carbocycles. The van der Waals surface area contributed by atoms with Gasteiger partial charge in [0, 0.05) is 11.8 Å². The molecule has 1 aliphatic heterocycles. The van der Waals surface area contributed by atoms with Gasteiger partial charge in [-0.15, -0.1) is 0 Å². The molecule has 3 rings (SSSR count). The molecule has 2 heterocycles. The Balaban J connectivity index is 1.69. The molecule has 18 heavy (non-hydrogen) atoms. The fourth-order valence-electron chi connectivity index (χ4n) is 1.79. The monoisotopic (exact) mass is 357 g/mol. The Morgan fingerprint density at radius 3 is 2.67 bits per heavy atom. The quantitative estimate of drug-likeness (QED) is 0.857. The second-order valence-electron chi connectivity index (χ2n) is 3.92. The van der Waals surface area contributed by atoms with Crippen LogP contribution in [0.4, 0.5) is 5.69 Å². The Kier molecular flexibility index (Phi) is 3.31. The number of fused-ring (bicyclic) bond motifs is 1. The number of hydrogen-bond donors (Lipinski definition) is 1. The van der Waals surface area contributed by atoms with Crippen molar-refractivity contribution < 1.29 is 13.9 Å². The van der Waals surface area contributed by atoms with Crippen molar-refractivity contribution in [3.8, 4) is 11.5 Å². The van der Waals surface area contributed by atoms with Crippen LogP contribution in [0, 0.1) is 3.77 Å². The van der Waals surface area contributed by atoms with Crippen LogP contribution in [0.5, 0.6) is 11.5 Å². The summed E-state index contributed by atoms with van der Waals surface area (Å²) in [4.78, 5) is 0.